The molecule has 0 unspecified atom stereocenters. The number of esters is 2. The maximum Gasteiger partial charge on any atom is 0.391 e. The highest BCUT2D eigenvalue weighted by molar-refractivity contribution is 6.80. The predicted octanol–water partition coefficient (Wildman–Crippen LogP) is 4.74. The maximum atomic E-state index is 11.3. The van der Waals surface area contributed by atoms with Crippen LogP contribution in [0.3, 0.4) is 0 Å². The Kier molecular flexibility index (Phi) is 14.2. The fraction of sp³-hybridized carbons (Fsp3) is 0.200. The van der Waals surface area contributed by atoms with Crippen molar-refractivity contribution in [3.05, 3.63) is 70.2 Å². The molecule has 0 spiro atoms. The van der Waals surface area contributed by atoms with E-state index in [1.165, 1.54) is 12.1 Å². The fourth-order valence-corrected chi connectivity index (χ4v) is 1.84. The standard InChI is InChI=1S/C10H9ClO3.C6H5Cl.C4H5ClO3/c1-2-14-10(13)9(12)7-3-5-8(11)6-4-7;7-6-4-2-1-3-5-6;1-2-8-4(7)3(5)6/h3-6H,2H2,1H3;1-5H;2H2,1H3. The first-order chi connectivity index (χ1) is 13.7. The molecule has 0 bridgehead atoms. The number of rotatable bonds is 5. The molecule has 0 N–H and O–H groups in total. The summed E-state index contributed by atoms with van der Waals surface area (Å²) in [5.74, 6) is -2.48. The van der Waals surface area contributed by atoms with Crippen LogP contribution in [0.2, 0.25) is 10.0 Å². The first kappa shape index (κ1) is 26.6. The molecule has 0 aliphatic rings. The van der Waals surface area contributed by atoms with E-state index in [0.29, 0.717) is 5.02 Å². The Hall–Kier alpha value is -2.41. The lowest BCUT2D eigenvalue weighted by Gasteiger charge is -2.00. The van der Waals surface area contributed by atoms with Gasteiger partial charge in [-0.15, -0.1) is 0 Å². The first-order valence-electron chi connectivity index (χ1n) is 8.27. The number of ether oxygens (including phenoxy) is 2. The van der Waals surface area contributed by atoms with Gasteiger partial charge in [-0.2, -0.15) is 0 Å². The molecule has 0 fully saturated rings. The average molecular weight is 462 g/mol. The molecule has 156 valence electrons. The minimum absolute atomic E-state index is 0.178. The minimum Gasteiger partial charge on any atom is -0.460 e. The van der Waals surface area contributed by atoms with Gasteiger partial charge in [-0.05, 0) is 61.8 Å². The predicted molar refractivity (Wildman–Crippen MR) is 111 cm³/mol. The Morgan fingerprint density at radius 3 is 1.52 bits per heavy atom. The SMILES string of the molecule is CCOC(=O)C(=O)Cl.CCOC(=O)C(=O)c1ccc(Cl)cc1.Clc1ccccc1. The Labute approximate surface area is 183 Å². The van der Waals surface area contributed by atoms with Gasteiger partial charge in [0.25, 0.3) is 5.78 Å². The second kappa shape index (κ2) is 15.5. The van der Waals surface area contributed by atoms with Gasteiger partial charge in [-0.1, -0.05) is 41.4 Å². The summed E-state index contributed by atoms with van der Waals surface area (Å²) in [5, 5.41) is 0.236. The van der Waals surface area contributed by atoms with E-state index in [-0.39, 0.29) is 18.8 Å². The molecular weight excluding hydrogens is 443 g/mol. The number of carbonyl (C=O) groups is 4. The average Bonchev–Trinajstić information content (AvgIpc) is 2.70. The molecule has 9 heteroatoms. The normalized spacial score (nSPS) is 9.00. The minimum atomic E-state index is -1.08. The summed E-state index contributed by atoms with van der Waals surface area (Å²) in [6, 6.07) is 15.5. The summed E-state index contributed by atoms with van der Waals surface area (Å²) in [6.45, 7) is 3.61. The van der Waals surface area contributed by atoms with Gasteiger partial charge < -0.3 is 9.47 Å². The largest absolute Gasteiger partial charge is 0.460 e. The van der Waals surface area contributed by atoms with E-state index < -0.39 is 23.0 Å². The van der Waals surface area contributed by atoms with Crippen LogP contribution in [-0.4, -0.2) is 36.2 Å². The van der Waals surface area contributed by atoms with E-state index in [4.69, 9.17) is 34.8 Å². The van der Waals surface area contributed by atoms with E-state index in [2.05, 4.69) is 9.47 Å². The number of ketones is 1. The number of Topliss-reactive ketones (excluding diaryl/α,β-unsaturated/α-hetero) is 1. The highest BCUT2D eigenvalue weighted by Gasteiger charge is 2.16. The van der Waals surface area contributed by atoms with Crippen LogP contribution in [0.25, 0.3) is 0 Å². The summed E-state index contributed by atoms with van der Waals surface area (Å²) in [6.07, 6.45) is 0. The molecule has 2 aromatic carbocycles. The van der Waals surface area contributed by atoms with Gasteiger partial charge in [-0.3, -0.25) is 9.59 Å². The number of hydrogen-bond donors (Lipinski definition) is 0. The van der Waals surface area contributed by atoms with Crippen LogP contribution in [0.1, 0.15) is 24.2 Å². The van der Waals surface area contributed by atoms with Crippen LogP contribution < -0.4 is 0 Å². The van der Waals surface area contributed by atoms with E-state index in [9.17, 15) is 19.2 Å². The molecule has 6 nitrogen and oxygen atoms in total. The van der Waals surface area contributed by atoms with Crippen molar-refractivity contribution in [2.45, 2.75) is 13.8 Å². The Morgan fingerprint density at radius 2 is 1.17 bits per heavy atom. The van der Waals surface area contributed by atoms with Crippen molar-refractivity contribution in [1.29, 1.82) is 0 Å². The summed E-state index contributed by atoms with van der Waals surface area (Å²) in [7, 11) is 0. The molecule has 0 amide bonds. The highest BCUT2D eigenvalue weighted by Crippen LogP contribution is 2.10. The summed E-state index contributed by atoms with van der Waals surface area (Å²) < 4.78 is 8.75. The van der Waals surface area contributed by atoms with Crippen LogP contribution in [0.5, 0.6) is 0 Å². The van der Waals surface area contributed by atoms with Gasteiger partial charge in [0.15, 0.2) is 0 Å². The number of carbonyl (C=O) groups excluding carboxylic acids is 4. The van der Waals surface area contributed by atoms with E-state index >= 15 is 0 Å². The van der Waals surface area contributed by atoms with Crippen molar-refractivity contribution >= 4 is 57.8 Å². The smallest absolute Gasteiger partial charge is 0.391 e. The number of hydrogen-bond acceptors (Lipinski definition) is 6. The molecular formula is C20H19Cl3O6. The molecule has 0 saturated heterocycles. The zero-order valence-corrected chi connectivity index (χ0v) is 18.0. The molecule has 0 heterocycles. The molecule has 2 rings (SSSR count). The van der Waals surface area contributed by atoms with E-state index in [1.807, 2.05) is 30.3 Å². The lowest BCUT2D eigenvalue weighted by molar-refractivity contribution is -0.149. The molecule has 0 aliphatic heterocycles. The summed E-state index contributed by atoms with van der Waals surface area (Å²) >= 11 is 15.9. The lowest BCUT2D eigenvalue weighted by Crippen LogP contribution is -2.17. The lowest BCUT2D eigenvalue weighted by atomic mass is 10.1. The van der Waals surface area contributed by atoms with Gasteiger partial charge in [0.2, 0.25) is 0 Å². The summed E-state index contributed by atoms with van der Waals surface area (Å²) in [5.41, 5.74) is 0.285. The first-order valence-corrected chi connectivity index (χ1v) is 9.40. The highest BCUT2D eigenvalue weighted by atomic mass is 35.5. The van der Waals surface area contributed by atoms with Gasteiger partial charge in [-0.25, -0.2) is 9.59 Å². The second-order valence-corrected chi connectivity index (χ2v) is 6.06. The maximum absolute atomic E-state index is 11.3. The van der Waals surface area contributed by atoms with Crippen molar-refractivity contribution in [3.8, 4) is 0 Å². The molecule has 0 radical (unpaired) electrons. The van der Waals surface area contributed by atoms with Crippen molar-refractivity contribution in [2.75, 3.05) is 13.2 Å². The molecule has 2 aromatic rings. The van der Waals surface area contributed by atoms with Crippen molar-refractivity contribution < 1.29 is 28.7 Å². The van der Waals surface area contributed by atoms with Crippen molar-refractivity contribution in [2.24, 2.45) is 0 Å². The quantitative estimate of drug-likeness (QED) is 0.277. The molecule has 29 heavy (non-hydrogen) atoms. The molecule has 0 atom stereocenters. The van der Waals surface area contributed by atoms with Crippen LogP contribution in [0.4, 0.5) is 0 Å². The topological polar surface area (TPSA) is 86.7 Å². The Bertz CT molecular complexity index is 792. The third-order valence-electron chi connectivity index (χ3n) is 2.74. The zero-order chi connectivity index (χ0) is 22.2. The molecule has 0 aliphatic carbocycles. The van der Waals surface area contributed by atoms with Crippen molar-refractivity contribution in [3.63, 3.8) is 0 Å². The van der Waals surface area contributed by atoms with E-state index in [0.717, 1.165) is 5.02 Å². The summed E-state index contributed by atoms with van der Waals surface area (Å²) in [4.78, 5) is 42.2. The number of benzene rings is 2. The van der Waals surface area contributed by atoms with Crippen molar-refractivity contribution in [1.82, 2.24) is 0 Å². The Balaban J connectivity index is 0.000000444. The monoisotopic (exact) mass is 460 g/mol. The van der Waals surface area contributed by atoms with Crippen LogP contribution in [0.15, 0.2) is 54.6 Å². The fourth-order valence-electron chi connectivity index (χ4n) is 1.52. The Morgan fingerprint density at radius 1 is 0.724 bits per heavy atom. The van der Waals surface area contributed by atoms with Gasteiger partial charge in [0.1, 0.15) is 0 Å². The van der Waals surface area contributed by atoms with Crippen LogP contribution in [0, 0.1) is 0 Å². The van der Waals surface area contributed by atoms with Crippen LogP contribution in [-0.2, 0) is 23.9 Å². The molecule has 0 aromatic heterocycles. The third-order valence-corrected chi connectivity index (χ3v) is 3.39. The van der Waals surface area contributed by atoms with Gasteiger partial charge >= 0.3 is 17.2 Å². The second-order valence-electron chi connectivity index (χ2n) is 4.85. The van der Waals surface area contributed by atoms with Gasteiger partial charge in [0.05, 0.1) is 13.2 Å². The van der Waals surface area contributed by atoms with Gasteiger partial charge in [0, 0.05) is 15.6 Å². The zero-order valence-electron chi connectivity index (χ0n) is 15.7. The van der Waals surface area contributed by atoms with E-state index in [1.54, 1.807) is 26.0 Å². The van der Waals surface area contributed by atoms with Crippen LogP contribution >= 0.6 is 34.8 Å². The molecule has 0 saturated carbocycles. The number of halogens is 3. The third kappa shape index (κ3) is 12.6.